The molecule has 4 heteroatoms. The third-order valence-electron chi connectivity index (χ3n) is 2.67. The van der Waals surface area contributed by atoms with Gasteiger partial charge in [-0.2, -0.15) is 0 Å². The summed E-state index contributed by atoms with van der Waals surface area (Å²) < 4.78 is 0. The number of rotatable bonds is 0. The third kappa shape index (κ3) is 1.07. The highest BCUT2D eigenvalue weighted by Gasteiger charge is 2.36. The SMILES string of the molecule is O=C(O)N1CCC2CNC2C1. The molecule has 1 amide bonds. The van der Waals surface area contributed by atoms with Crippen molar-refractivity contribution in [3.05, 3.63) is 0 Å². The molecule has 0 aromatic carbocycles. The number of hydrogen-bond acceptors (Lipinski definition) is 2. The molecule has 4 nitrogen and oxygen atoms in total. The Labute approximate surface area is 65.2 Å². The molecule has 0 bridgehead atoms. The second-order valence-electron chi connectivity index (χ2n) is 3.29. The van der Waals surface area contributed by atoms with Crippen LogP contribution in [0.5, 0.6) is 0 Å². The number of hydrogen-bond donors (Lipinski definition) is 2. The predicted molar refractivity (Wildman–Crippen MR) is 39.5 cm³/mol. The van der Waals surface area contributed by atoms with Crippen LogP contribution in [0.3, 0.4) is 0 Å². The third-order valence-corrected chi connectivity index (χ3v) is 2.67. The van der Waals surface area contributed by atoms with Gasteiger partial charge in [-0.1, -0.05) is 0 Å². The van der Waals surface area contributed by atoms with E-state index in [0.29, 0.717) is 12.6 Å². The lowest BCUT2D eigenvalue weighted by atomic mass is 9.85. The smallest absolute Gasteiger partial charge is 0.407 e. The number of nitrogens with one attached hydrogen (secondary N) is 1. The minimum absolute atomic E-state index is 0.444. The topological polar surface area (TPSA) is 52.6 Å². The Hall–Kier alpha value is -0.770. The van der Waals surface area contributed by atoms with E-state index in [0.717, 1.165) is 25.4 Å². The molecule has 2 atom stereocenters. The van der Waals surface area contributed by atoms with Gasteiger partial charge in [0.15, 0.2) is 0 Å². The van der Waals surface area contributed by atoms with Crippen LogP contribution in [0, 0.1) is 5.92 Å². The maximum atomic E-state index is 10.5. The van der Waals surface area contributed by atoms with Gasteiger partial charge in [0.25, 0.3) is 0 Å². The van der Waals surface area contributed by atoms with Crippen LogP contribution in [0.15, 0.2) is 0 Å². The number of likely N-dealkylation sites (tertiary alicyclic amines) is 1. The quantitative estimate of drug-likeness (QED) is 0.517. The van der Waals surface area contributed by atoms with Gasteiger partial charge < -0.3 is 15.3 Å². The molecule has 2 aliphatic heterocycles. The first-order valence-electron chi connectivity index (χ1n) is 3.98. The van der Waals surface area contributed by atoms with Crippen molar-refractivity contribution < 1.29 is 9.90 Å². The number of amides is 1. The summed E-state index contributed by atoms with van der Waals surface area (Å²) >= 11 is 0. The van der Waals surface area contributed by atoms with Gasteiger partial charge >= 0.3 is 6.09 Å². The lowest BCUT2D eigenvalue weighted by molar-refractivity contribution is 0.0765. The molecule has 2 saturated heterocycles. The van der Waals surface area contributed by atoms with Crippen molar-refractivity contribution in [3.8, 4) is 0 Å². The van der Waals surface area contributed by atoms with E-state index in [2.05, 4.69) is 5.32 Å². The van der Waals surface area contributed by atoms with Crippen molar-refractivity contribution in [2.75, 3.05) is 19.6 Å². The maximum Gasteiger partial charge on any atom is 0.407 e. The second-order valence-corrected chi connectivity index (χ2v) is 3.29. The average molecular weight is 156 g/mol. The van der Waals surface area contributed by atoms with Gasteiger partial charge in [-0.05, 0) is 18.9 Å². The molecular weight excluding hydrogens is 144 g/mol. The molecule has 0 saturated carbocycles. The fourth-order valence-electron chi connectivity index (χ4n) is 1.79. The van der Waals surface area contributed by atoms with Crippen molar-refractivity contribution >= 4 is 6.09 Å². The Morgan fingerprint density at radius 2 is 2.45 bits per heavy atom. The zero-order chi connectivity index (χ0) is 7.84. The number of nitrogens with zero attached hydrogens (tertiary/aromatic N) is 1. The van der Waals surface area contributed by atoms with Gasteiger partial charge in [-0.25, -0.2) is 4.79 Å². The zero-order valence-electron chi connectivity index (χ0n) is 6.29. The van der Waals surface area contributed by atoms with E-state index >= 15 is 0 Å². The minimum Gasteiger partial charge on any atom is -0.465 e. The van der Waals surface area contributed by atoms with Crippen LogP contribution in [-0.2, 0) is 0 Å². The van der Waals surface area contributed by atoms with E-state index in [1.165, 1.54) is 4.90 Å². The van der Waals surface area contributed by atoms with Gasteiger partial charge in [0.05, 0.1) is 0 Å². The Balaban J connectivity index is 1.93. The molecule has 0 radical (unpaired) electrons. The molecule has 2 unspecified atom stereocenters. The number of carbonyl (C=O) groups is 1. The van der Waals surface area contributed by atoms with Crippen molar-refractivity contribution in [3.63, 3.8) is 0 Å². The summed E-state index contributed by atoms with van der Waals surface area (Å²) in [5, 5.41) is 11.9. The highest BCUT2D eigenvalue weighted by atomic mass is 16.4. The number of piperidine rings is 1. The first kappa shape index (κ1) is 6.91. The first-order valence-corrected chi connectivity index (χ1v) is 3.98. The molecule has 0 aliphatic carbocycles. The van der Waals surface area contributed by atoms with Gasteiger partial charge in [0.1, 0.15) is 0 Å². The molecule has 62 valence electrons. The van der Waals surface area contributed by atoms with Gasteiger partial charge in [0, 0.05) is 19.1 Å². The van der Waals surface area contributed by atoms with Crippen LogP contribution in [0.4, 0.5) is 4.79 Å². The largest absolute Gasteiger partial charge is 0.465 e. The van der Waals surface area contributed by atoms with Gasteiger partial charge in [-0.15, -0.1) is 0 Å². The molecule has 2 N–H and O–H groups in total. The summed E-state index contributed by atoms with van der Waals surface area (Å²) in [5.41, 5.74) is 0. The summed E-state index contributed by atoms with van der Waals surface area (Å²) in [5.74, 6) is 0.741. The van der Waals surface area contributed by atoms with E-state index in [1.807, 2.05) is 0 Å². The van der Waals surface area contributed by atoms with Crippen LogP contribution >= 0.6 is 0 Å². The van der Waals surface area contributed by atoms with E-state index in [-0.39, 0.29) is 0 Å². The standard InChI is InChI=1S/C7H12N2O2/c10-7(11)9-2-1-5-3-8-6(5)4-9/h5-6,8H,1-4H2,(H,10,11). The van der Waals surface area contributed by atoms with Crippen LogP contribution in [0.1, 0.15) is 6.42 Å². The molecule has 0 spiro atoms. The van der Waals surface area contributed by atoms with Crippen molar-refractivity contribution in [2.24, 2.45) is 5.92 Å². The fourth-order valence-corrected chi connectivity index (χ4v) is 1.79. The summed E-state index contributed by atoms with van der Waals surface area (Å²) in [6.07, 6.45) is 0.251. The normalized spacial score (nSPS) is 35.8. The van der Waals surface area contributed by atoms with Gasteiger partial charge in [0.2, 0.25) is 0 Å². The molecule has 0 aromatic heterocycles. The molecule has 11 heavy (non-hydrogen) atoms. The number of fused-ring (bicyclic) bond motifs is 1. The highest BCUT2D eigenvalue weighted by Crippen LogP contribution is 2.23. The van der Waals surface area contributed by atoms with E-state index in [1.54, 1.807) is 0 Å². The zero-order valence-corrected chi connectivity index (χ0v) is 6.29. The molecule has 2 rings (SSSR count). The maximum absolute atomic E-state index is 10.5. The predicted octanol–water partition coefficient (Wildman–Crippen LogP) is -0.0419. The molecule has 2 aliphatic rings. The van der Waals surface area contributed by atoms with Crippen LogP contribution in [0.25, 0.3) is 0 Å². The Morgan fingerprint density at radius 3 is 2.91 bits per heavy atom. The van der Waals surface area contributed by atoms with E-state index < -0.39 is 6.09 Å². The molecule has 2 heterocycles. The Bertz CT molecular complexity index is 183. The summed E-state index contributed by atoms with van der Waals surface area (Å²) in [7, 11) is 0. The first-order chi connectivity index (χ1) is 5.27. The molecule has 2 fully saturated rings. The Kier molecular flexibility index (Phi) is 1.49. The fraction of sp³-hybridized carbons (Fsp3) is 0.857. The summed E-state index contributed by atoms with van der Waals surface area (Å²) in [6, 6.07) is 0.444. The molecular formula is C7H12N2O2. The van der Waals surface area contributed by atoms with E-state index in [4.69, 9.17) is 5.11 Å². The average Bonchev–Trinajstić information content (AvgIpc) is 1.91. The van der Waals surface area contributed by atoms with Crippen LogP contribution in [0.2, 0.25) is 0 Å². The monoisotopic (exact) mass is 156 g/mol. The van der Waals surface area contributed by atoms with Crippen molar-refractivity contribution in [2.45, 2.75) is 12.5 Å². The Morgan fingerprint density at radius 1 is 1.64 bits per heavy atom. The highest BCUT2D eigenvalue weighted by molar-refractivity contribution is 5.65. The van der Waals surface area contributed by atoms with Gasteiger partial charge in [-0.3, -0.25) is 0 Å². The second kappa shape index (κ2) is 2.37. The van der Waals surface area contributed by atoms with Crippen molar-refractivity contribution in [1.82, 2.24) is 10.2 Å². The van der Waals surface area contributed by atoms with Crippen molar-refractivity contribution in [1.29, 1.82) is 0 Å². The van der Waals surface area contributed by atoms with Crippen LogP contribution < -0.4 is 5.32 Å². The summed E-state index contributed by atoms with van der Waals surface area (Å²) in [6.45, 7) is 2.48. The van der Waals surface area contributed by atoms with E-state index in [9.17, 15) is 4.79 Å². The minimum atomic E-state index is -0.780. The lowest BCUT2D eigenvalue weighted by Crippen LogP contribution is -2.62. The van der Waals surface area contributed by atoms with Crippen LogP contribution in [-0.4, -0.2) is 41.8 Å². The molecule has 0 aromatic rings. The summed E-state index contributed by atoms with van der Waals surface area (Å²) in [4.78, 5) is 12.0. The number of carboxylic acid groups (broad SMARTS) is 1. The lowest BCUT2D eigenvalue weighted by Gasteiger charge is -2.45.